The Morgan fingerprint density at radius 3 is 2.53 bits per heavy atom. The molecule has 17 heavy (non-hydrogen) atoms. The monoisotopic (exact) mass is 239 g/mol. The van der Waals surface area contributed by atoms with Gasteiger partial charge in [0.1, 0.15) is 5.82 Å². The van der Waals surface area contributed by atoms with E-state index in [2.05, 4.69) is 12.2 Å². The molecule has 0 saturated carbocycles. The number of ether oxygens (including phenoxy) is 1. The molecule has 0 aromatic heterocycles. The maximum Gasteiger partial charge on any atom is 0.123 e. The maximum absolute atomic E-state index is 12.8. The van der Waals surface area contributed by atoms with Crippen molar-refractivity contribution in [2.75, 3.05) is 19.8 Å². The summed E-state index contributed by atoms with van der Waals surface area (Å²) in [6.07, 6.45) is 2.01. The highest BCUT2D eigenvalue weighted by Crippen LogP contribution is 2.16. The van der Waals surface area contributed by atoms with Gasteiger partial charge in [-0.05, 0) is 44.0 Å². The summed E-state index contributed by atoms with van der Waals surface area (Å²) in [6, 6.07) is 7.02. The molecule has 0 aliphatic carbocycles. The van der Waals surface area contributed by atoms with E-state index >= 15 is 0 Å². The molecule has 2 nitrogen and oxygen atoms in total. The molecular weight excluding hydrogens is 217 g/mol. The van der Waals surface area contributed by atoms with Gasteiger partial charge in [0, 0.05) is 19.3 Å². The summed E-state index contributed by atoms with van der Waals surface area (Å²) in [5.74, 6) is -0.181. The zero-order valence-corrected chi connectivity index (χ0v) is 10.7. The molecule has 3 heteroatoms. The number of hydrogen-bond donors (Lipinski definition) is 1. The van der Waals surface area contributed by atoms with Gasteiger partial charge < -0.3 is 10.1 Å². The Labute approximate surface area is 103 Å². The van der Waals surface area contributed by atoms with Crippen LogP contribution < -0.4 is 5.32 Å². The SMILES string of the molecule is CCOCCCNC(CC)c1ccc(F)cc1. The van der Waals surface area contributed by atoms with Crippen LogP contribution >= 0.6 is 0 Å². The van der Waals surface area contributed by atoms with Gasteiger partial charge in [0.2, 0.25) is 0 Å². The lowest BCUT2D eigenvalue weighted by atomic mass is 10.0. The van der Waals surface area contributed by atoms with Gasteiger partial charge in [-0.15, -0.1) is 0 Å². The van der Waals surface area contributed by atoms with Crippen LogP contribution in [0.25, 0.3) is 0 Å². The smallest absolute Gasteiger partial charge is 0.123 e. The Hall–Kier alpha value is -0.930. The Morgan fingerprint density at radius 1 is 1.24 bits per heavy atom. The molecule has 0 aliphatic rings. The number of nitrogens with one attached hydrogen (secondary N) is 1. The molecule has 1 aromatic carbocycles. The lowest BCUT2D eigenvalue weighted by molar-refractivity contribution is 0.144. The van der Waals surface area contributed by atoms with Crippen molar-refractivity contribution in [3.63, 3.8) is 0 Å². The van der Waals surface area contributed by atoms with E-state index in [-0.39, 0.29) is 5.82 Å². The third-order valence-corrected chi connectivity index (χ3v) is 2.74. The second kappa shape index (κ2) is 8.20. The number of halogens is 1. The second-order valence-corrected chi connectivity index (χ2v) is 4.02. The van der Waals surface area contributed by atoms with Crippen molar-refractivity contribution in [3.05, 3.63) is 35.6 Å². The van der Waals surface area contributed by atoms with E-state index in [4.69, 9.17) is 4.74 Å². The number of hydrogen-bond acceptors (Lipinski definition) is 2. The molecule has 0 saturated heterocycles. The van der Waals surface area contributed by atoms with Crippen molar-refractivity contribution in [2.24, 2.45) is 0 Å². The molecular formula is C14H22FNO. The summed E-state index contributed by atoms with van der Waals surface area (Å²) in [5, 5.41) is 3.46. The van der Waals surface area contributed by atoms with E-state index in [1.165, 1.54) is 12.1 Å². The van der Waals surface area contributed by atoms with Crippen LogP contribution in [0.2, 0.25) is 0 Å². The molecule has 1 atom stereocenters. The van der Waals surface area contributed by atoms with Gasteiger partial charge in [-0.3, -0.25) is 0 Å². The molecule has 0 fully saturated rings. The Morgan fingerprint density at radius 2 is 1.94 bits per heavy atom. The highest BCUT2D eigenvalue weighted by atomic mass is 19.1. The first kappa shape index (κ1) is 14.1. The summed E-state index contributed by atoms with van der Waals surface area (Å²) in [5.41, 5.74) is 1.14. The van der Waals surface area contributed by atoms with E-state index in [0.717, 1.165) is 38.2 Å². The predicted octanol–water partition coefficient (Wildman–Crippen LogP) is 3.29. The van der Waals surface area contributed by atoms with Crippen molar-refractivity contribution in [2.45, 2.75) is 32.7 Å². The first-order chi connectivity index (χ1) is 8.27. The van der Waals surface area contributed by atoms with Gasteiger partial charge in [-0.2, -0.15) is 0 Å². The van der Waals surface area contributed by atoms with Gasteiger partial charge in [-0.1, -0.05) is 19.1 Å². The number of benzene rings is 1. The normalized spacial score (nSPS) is 12.6. The highest BCUT2D eigenvalue weighted by molar-refractivity contribution is 5.19. The van der Waals surface area contributed by atoms with Crippen molar-refractivity contribution in [3.8, 4) is 0 Å². The van der Waals surface area contributed by atoms with Crippen molar-refractivity contribution < 1.29 is 9.13 Å². The molecule has 1 unspecified atom stereocenters. The molecule has 1 N–H and O–H groups in total. The fourth-order valence-electron chi connectivity index (χ4n) is 1.79. The predicted molar refractivity (Wildman–Crippen MR) is 68.5 cm³/mol. The molecule has 0 spiro atoms. The van der Waals surface area contributed by atoms with E-state index in [1.54, 1.807) is 0 Å². The summed E-state index contributed by atoms with van der Waals surface area (Å²) in [6.45, 7) is 6.62. The van der Waals surface area contributed by atoms with Gasteiger partial charge in [0.15, 0.2) is 0 Å². The average molecular weight is 239 g/mol. The van der Waals surface area contributed by atoms with Crippen LogP contribution in [0.1, 0.15) is 38.3 Å². The Kier molecular flexibility index (Phi) is 6.82. The van der Waals surface area contributed by atoms with Crippen LogP contribution in [0.4, 0.5) is 4.39 Å². The molecule has 0 heterocycles. The topological polar surface area (TPSA) is 21.3 Å². The van der Waals surface area contributed by atoms with Crippen molar-refractivity contribution in [1.82, 2.24) is 5.32 Å². The van der Waals surface area contributed by atoms with Gasteiger partial charge in [0.05, 0.1) is 0 Å². The summed E-state index contributed by atoms with van der Waals surface area (Å²) in [4.78, 5) is 0. The van der Waals surface area contributed by atoms with Crippen molar-refractivity contribution >= 4 is 0 Å². The molecule has 0 bridgehead atoms. The minimum Gasteiger partial charge on any atom is -0.382 e. The minimum atomic E-state index is -0.181. The molecule has 0 amide bonds. The lowest BCUT2D eigenvalue weighted by Gasteiger charge is -2.17. The second-order valence-electron chi connectivity index (χ2n) is 4.02. The van der Waals surface area contributed by atoms with Crippen LogP contribution in [0.15, 0.2) is 24.3 Å². The third-order valence-electron chi connectivity index (χ3n) is 2.74. The van der Waals surface area contributed by atoms with E-state index in [9.17, 15) is 4.39 Å². The first-order valence-corrected chi connectivity index (χ1v) is 6.34. The Balaban J connectivity index is 2.35. The summed E-state index contributed by atoms with van der Waals surface area (Å²) < 4.78 is 18.1. The fraction of sp³-hybridized carbons (Fsp3) is 0.571. The largest absolute Gasteiger partial charge is 0.382 e. The highest BCUT2D eigenvalue weighted by Gasteiger charge is 2.07. The first-order valence-electron chi connectivity index (χ1n) is 6.34. The fourth-order valence-corrected chi connectivity index (χ4v) is 1.79. The molecule has 96 valence electrons. The molecule has 1 rings (SSSR count). The minimum absolute atomic E-state index is 0.181. The lowest BCUT2D eigenvalue weighted by Crippen LogP contribution is -2.22. The van der Waals surface area contributed by atoms with Crippen LogP contribution in [0.3, 0.4) is 0 Å². The molecule has 0 aliphatic heterocycles. The van der Waals surface area contributed by atoms with Gasteiger partial charge in [-0.25, -0.2) is 4.39 Å². The zero-order chi connectivity index (χ0) is 12.5. The number of rotatable bonds is 8. The van der Waals surface area contributed by atoms with Crippen LogP contribution in [0.5, 0.6) is 0 Å². The van der Waals surface area contributed by atoms with Gasteiger partial charge in [0.25, 0.3) is 0 Å². The van der Waals surface area contributed by atoms with Gasteiger partial charge >= 0.3 is 0 Å². The molecule has 1 aromatic rings. The molecule has 0 radical (unpaired) electrons. The summed E-state index contributed by atoms with van der Waals surface area (Å²) in [7, 11) is 0. The zero-order valence-electron chi connectivity index (χ0n) is 10.7. The quantitative estimate of drug-likeness (QED) is 0.703. The van der Waals surface area contributed by atoms with Crippen LogP contribution in [-0.4, -0.2) is 19.8 Å². The van der Waals surface area contributed by atoms with E-state index < -0.39 is 0 Å². The Bertz CT molecular complexity index is 300. The maximum atomic E-state index is 12.8. The summed E-state index contributed by atoms with van der Waals surface area (Å²) >= 11 is 0. The van der Waals surface area contributed by atoms with Crippen molar-refractivity contribution in [1.29, 1.82) is 0 Å². The average Bonchev–Trinajstić information content (AvgIpc) is 2.35. The van der Waals surface area contributed by atoms with E-state index in [1.807, 2.05) is 19.1 Å². The van der Waals surface area contributed by atoms with E-state index in [0.29, 0.717) is 6.04 Å². The van der Waals surface area contributed by atoms with Crippen LogP contribution in [0, 0.1) is 5.82 Å². The standard InChI is InChI=1S/C14H22FNO/c1-3-14(16-10-5-11-17-4-2)12-6-8-13(15)9-7-12/h6-9,14,16H,3-5,10-11H2,1-2H3. The van der Waals surface area contributed by atoms with Crippen LogP contribution in [-0.2, 0) is 4.74 Å². The third kappa shape index (κ3) is 5.29.